The molecule has 4 heteroatoms. The van der Waals surface area contributed by atoms with E-state index in [0.717, 1.165) is 0 Å². The number of oxime groups is 1. The molecule has 1 rings (SSSR count). The normalized spacial score (nSPS) is 31.3. The first-order chi connectivity index (χ1) is 4.57. The Bertz CT molecular complexity index is 202. The molecule has 0 radical (unpaired) electrons. The second-order valence-corrected chi connectivity index (χ2v) is 2.90. The highest BCUT2D eigenvalue weighted by Gasteiger charge is 2.40. The predicted octanol–water partition coefficient (Wildman–Crippen LogP) is 1.16. The smallest absolute Gasteiger partial charge is 0.236 e. The molecule has 0 aromatic carbocycles. The third kappa shape index (κ3) is 0.904. The fraction of sp³-hybridized carbons (Fsp3) is 0.667. The van der Waals surface area contributed by atoms with Crippen LogP contribution in [0.25, 0.3) is 0 Å². The van der Waals surface area contributed by atoms with Gasteiger partial charge in [-0.15, -0.1) is 0 Å². The molecule has 1 aliphatic rings. The van der Waals surface area contributed by atoms with E-state index in [1.54, 1.807) is 13.8 Å². The topological polar surface area (TPSA) is 38.7 Å². The first-order valence-electron chi connectivity index (χ1n) is 2.94. The minimum atomic E-state index is -0.693. The summed E-state index contributed by atoms with van der Waals surface area (Å²) in [6.45, 7) is 3.71. The Kier molecular flexibility index (Phi) is 1.68. The van der Waals surface area contributed by atoms with Crippen molar-refractivity contribution in [3.8, 4) is 0 Å². The SMILES string of the molecule is CC1=NOCC1(C)C(=O)Cl. The van der Waals surface area contributed by atoms with Crippen molar-refractivity contribution < 1.29 is 9.63 Å². The molecule has 10 heavy (non-hydrogen) atoms. The van der Waals surface area contributed by atoms with Crippen LogP contribution in [0.1, 0.15) is 13.8 Å². The van der Waals surface area contributed by atoms with Gasteiger partial charge in [-0.3, -0.25) is 4.79 Å². The van der Waals surface area contributed by atoms with Gasteiger partial charge in [0.05, 0.1) is 5.71 Å². The minimum absolute atomic E-state index is 0.265. The summed E-state index contributed by atoms with van der Waals surface area (Å²) in [7, 11) is 0. The average molecular weight is 162 g/mol. The van der Waals surface area contributed by atoms with Crippen LogP contribution in [0.5, 0.6) is 0 Å². The Morgan fingerprint density at radius 1 is 1.90 bits per heavy atom. The molecule has 0 aliphatic carbocycles. The highest BCUT2D eigenvalue weighted by Crippen LogP contribution is 2.27. The van der Waals surface area contributed by atoms with Crippen molar-refractivity contribution in [1.29, 1.82) is 0 Å². The van der Waals surface area contributed by atoms with E-state index < -0.39 is 10.7 Å². The molecule has 3 nitrogen and oxygen atoms in total. The molecule has 1 unspecified atom stereocenters. The second kappa shape index (κ2) is 2.23. The minimum Gasteiger partial charge on any atom is -0.394 e. The van der Waals surface area contributed by atoms with Crippen LogP contribution in [0.3, 0.4) is 0 Å². The van der Waals surface area contributed by atoms with E-state index >= 15 is 0 Å². The zero-order valence-electron chi connectivity index (χ0n) is 5.85. The molecule has 1 aliphatic heterocycles. The first-order valence-corrected chi connectivity index (χ1v) is 3.32. The zero-order chi connectivity index (χ0) is 7.78. The van der Waals surface area contributed by atoms with Crippen LogP contribution in [0, 0.1) is 5.41 Å². The van der Waals surface area contributed by atoms with Gasteiger partial charge in [0.1, 0.15) is 12.0 Å². The van der Waals surface area contributed by atoms with Gasteiger partial charge in [0.25, 0.3) is 0 Å². The number of carbonyl (C=O) groups excluding carboxylic acids is 1. The summed E-state index contributed by atoms with van der Waals surface area (Å²) < 4.78 is 0. The number of hydrogen-bond donors (Lipinski definition) is 0. The van der Waals surface area contributed by atoms with E-state index in [4.69, 9.17) is 16.4 Å². The third-order valence-corrected chi connectivity index (χ3v) is 2.20. The summed E-state index contributed by atoms with van der Waals surface area (Å²) in [6, 6.07) is 0. The monoisotopic (exact) mass is 161 g/mol. The molecular formula is C6H8ClNO2. The molecule has 0 saturated heterocycles. The Labute approximate surface area is 64.0 Å². The van der Waals surface area contributed by atoms with Crippen LogP contribution in [0.2, 0.25) is 0 Å². The van der Waals surface area contributed by atoms with Crippen LogP contribution in [0.15, 0.2) is 5.16 Å². The number of nitrogens with zero attached hydrogens (tertiary/aromatic N) is 1. The van der Waals surface area contributed by atoms with Crippen molar-refractivity contribution in [1.82, 2.24) is 0 Å². The number of rotatable bonds is 1. The second-order valence-electron chi connectivity index (χ2n) is 2.56. The highest BCUT2D eigenvalue weighted by atomic mass is 35.5. The van der Waals surface area contributed by atoms with E-state index in [9.17, 15) is 4.79 Å². The zero-order valence-corrected chi connectivity index (χ0v) is 6.60. The molecule has 0 spiro atoms. The van der Waals surface area contributed by atoms with Crippen LogP contribution in [-0.2, 0) is 9.63 Å². The number of carbonyl (C=O) groups is 1. The summed E-state index contributed by atoms with van der Waals surface area (Å²) in [5, 5.41) is 3.21. The lowest BCUT2D eigenvalue weighted by Crippen LogP contribution is -2.31. The summed E-state index contributed by atoms with van der Waals surface area (Å²) >= 11 is 5.32. The molecule has 0 saturated carbocycles. The van der Waals surface area contributed by atoms with Crippen molar-refractivity contribution in [2.75, 3.05) is 6.61 Å². The average Bonchev–Trinajstić information content (AvgIpc) is 2.15. The van der Waals surface area contributed by atoms with Gasteiger partial charge >= 0.3 is 0 Å². The molecule has 0 amide bonds. The molecule has 0 aromatic rings. The maximum absolute atomic E-state index is 10.8. The van der Waals surface area contributed by atoms with E-state index in [1.165, 1.54) is 0 Å². The fourth-order valence-corrected chi connectivity index (χ4v) is 0.854. The molecule has 0 fully saturated rings. The van der Waals surface area contributed by atoms with E-state index in [2.05, 4.69) is 5.16 Å². The van der Waals surface area contributed by atoms with Gasteiger partial charge < -0.3 is 4.84 Å². The van der Waals surface area contributed by atoms with Gasteiger partial charge in [-0.1, -0.05) is 5.16 Å². The fourth-order valence-electron chi connectivity index (χ4n) is 0.662. The Hall–Kier alpha value is -0.570. The van der Waals surface area contributed by atoms with Crippen molar-refractivity contribution in [3.05, 3.63) is 0 Å². The first kappa shape index (κ1) is 7.54. The quantitative estimate of drug-likeness (QED) is 0.542. The summed E-state index contributed by atoms with van der Waals surface area (Å²) in [4.78, 5) is 15.5. The van der Waals surface area contributed by atoms with Crippen LogP contribution < -0.4 is 0 Å². The van der Waals surface area contributed by atoms with E-state index in [-0.39, 0.29) is 6.61 Å². The van der Waals surface area contributed by atoms with Crippen LogP contribution in [-0.4, -0.2) is 17.6 Å². The maximum atomic E-state index is 10.8. The van der Waals surface area contributed by atoms with Crippen LogP contribution >= 0.6 is 11.6 Å². The Balaban J connectivity index is 2.89. The van der Waals surface area contributed by atoms with Crippen molar-refractivity contribution in [3.63, 3.8) is 0 Å². The van der Waals surface area contributed by atoms with Crippen molar-refractivity contribution in [2.24, 2.45) is 10.6 Å². The van der Waals surface area contributed by atoms with Crippen LogP contribution in [0.4, 0.5) is 0 Å². The standard InChI is InChI=1S/C6H8ClNO2/c1-4-6(2,5(7)9)3-10-8-4/h3H2,1-2H3. The molecule has 56 valence electrons. The van der Waals surface area contributed by atoms with Gasteiger partial charge in [-0.25, -0.2) is 0 Å². The molecule has 0 bridgehead atoms. The van der Waals surface area contributed by atoms with Crippen molar-refractivity contribution in [2.45, 2.75) is 13.8 Å². The molecule has 0 N–H and O–H groups in total. The number of hydrogen-bond acceptors (Lipinski definition) is 3. The Morgan fingerprint density at radius 3 is 2.70 bits per heavy atom. The predicted molar refractivity (Wildman–Crippen MR) is 38.0 cm³/mol. The van der Waals surface area contributed by atoms with E-state index in [0.29, 0.717) is 5.71 Å². The van der Waals surface area contributed by atoms with Gasteiger partial charge in [0.2, 0.25) is 5.24 Å². The van der Waals surface area contributed by atoms with Gasteiger partial charge in [0, 0.05) is 0 Å². The Morgan fingerprint density at radius 2 is 2.50 bits per heavy atom. The molecular weight excluding hydrogens is 154 g/mol. The lowest BCUT2D eigenvalue weighted by Gasteiger charge is -2.14. The highest BCUT2D eigenvalue weighted by molar-refractivity contribution is 6.66. The molecule has 1 heterocycles. The molecule has 1 atom stereocenters. The summed E-state index contributed by atoms with van der Waals surface area (Å²) in [5.74, 6) is 0. The lowest BCUT2D eigenvalue weighted by atomic mass is 9.89. The largest absolute Gasteiger partial charge is 0.394 e. The maximum Gasteiger partial charge on any atom is 0.236 e. The van der Waals surface area contributed by atoms with Gasteiger partial charge in [-0.05, 0) is 25.4 Å². The summed E-state index contributed by atoms with van der Waals surface area (Å²) in [5.41, 5.74) is -0.0471. The lowest BCUT2D eigenvalue weighted by molar-refractivity contribution is -0.117. The van der Waals surface area contributed by atoms with E-state index in [1.807, 2.05) is 0 Å². The third-order valence-electron chi connectivity index (χ3n) is 1.79. The number of halogens is 1. The van der Waals surface area contributed by atoms with Crippen molar-refractivity contribution >= 4 is 22.6 Å². The summed E-state index contributed by atoms with van der Waals surface area (Å²) in [6.07, 6.45) is 0. The van der Waals surface area contributed by atoms with Gasteiger partial charge in [-0.2, -0.15) is 0 Å². The van der Waals surface area contributed by atoms with Gasteiger partial charge in [0.15, 0.2) is 0 Å². The molecule has 0 aromatic heterocycles.